The van der Waals surface area contributed by atoms with Crippen molar-refractivity contribution in [3.8, 4) is 0 Å². The molecule has 0 spiro atoms. The van der Waals surface area contributed by atoms with E-state index in [1.807, 2.05) is 36.4 Å². The number of carboxylic acid groups (broad SMARTS) is 1. The van der Waals surface area contributed by atoms with Gasteiger partial charge in [0.2, 0.25) is 0 Å². The Morgan fingerprint density at radius 3 is 2.52 bits per heavy atom. The van der Waals surface area contributed by atoms with Crippen molar-refractivity contribution in [2.45, 2.75) is 56.5 Å². The van der Waals surface area contributed by atoms with Crippen molar-refractivity contribution < 1.29 is 23.1 Å². The summed E-state index contributed by atoms with van der Waals surface area (Å²) in [6.07, 6.45) is 8.65. The maximum atomic E-state index is 12.7. The van der Waals surface area contributed by atoms with Crippen molar-refractivity contribution in [2.75, 3.05) is 5.75 Å². The summed E-state index contributed by atoms with van der Waals surface area (Å²) in [7, 11) is -3.19. The minimum absolute atomic E-state index is 0.0566. The highest BCUT2D eigenvalue weighted by Gasteiger charge is 2.49. The zero-order chi connectivity index (χ0) is 19.3. The molecule has 2 aliphatic rings. The number of sulfone groups is 1. The number of carboxylic acids is 1. The third-order valence-electron chi connectivity index (χ3n) is 5.60. The van der Waals surface area contributed by atoms with Gasteiger partial charge < -0.3 is 9.84 Å². The van der Waals surface area contributed by atoms with Gasteiger partial charge in [-0.1, -0.05) is 42.5 Å². The first-order chi connectivity index (χ1) is 12.9. The maximum absolute atomic E-state index is 12.7. The molecule has 0 amide bonds. The molecule has 0 radical (unpaired) electrons. The van der Waals surface area contributed by atoms with Gasteiger partial charge in [-0.05, 0) is 43.6 Å². The van der Waals surface area contributed by atoms with Gasteiger partial charge in [-0.15, -0.1) is 0 Å². The first-order valence-corrected chi connectivity index (χ1v) is 11.5. The van der Waals surface area contributed by atoms with Crippen LogP contribution in [0.2, 0.25) is 0 Å². The lowest BCUT2D eigenvalue weighted by Crippen LogP contribution is -2.33. The van der Waals surface area contributed by atoms with Crippen LogP contribution in [0.5, 0.6) is 0 Å². The van der Waals surface area contributed by atoms with E-state index in [4.69, 9.17) is 9.84 Å². The zero-order valence-electron chi connectivity index (χ0n) is 15.5. The smallest absolute Gasteiger partial charge is 0.303 e. The van der Waals surface area contributed by atoms with Gasteiger partial charge >= 0.3 is 5.97 Å². The Morgan fingerprint density at radius 2 is 1.81 bits per heavy atom. The monoisotopic (exact) mass is 392 g/mol. The zero-order valence-corrected chi connectivity index (χ0v) is 16.3. The molecule has 27 heavy (non-hydrogen) atoms. The van der Waals surface area contributed by atoms with Gasteiger partial charge in [0.25, 0.3) is 0 Å². The largest absolute Gasteiger partial charge is 0.481 e. The van der Waals surface area contributed by atoms with Gasteiger partial charge in [-0.3, -0.25) is 4.79 Å². The summed E-state index contributed by atoms with van der Waals surface area (Å²) in [6, 6.07) is 9.32. The molecule has 2 saturated heterocycles. The van der Waals surface area contributed by atoms with E-state index in [9.17, 15) is 13.2 Å². The highest BCUT2D eigenvalue weighted by molar-refractivity contribution is 7.90. The Morgan fingerprint density at radius 1 is 1.11 bits per heavy atom. The van der Waals surface area contributed by atoms with E-state index >= 15 is 0 Å². The maximum Gasteiger partial charge on any atom is 0.303 e. The van der Waals surface area contributed by atoms with Crippen LogP contribution in [-0.4, -0.2) is 37.5 Å². The Kier molecular flexibility index (Phi) is 6.71. The highest BCUT2D eigenvalue weighted by Crippen LogP contribution is 2.45. The summed E-state index contributed by atoms with van der Waals surface area (Å²) in [5, 5.41) is 8.67. The van der Waals surface area contributed by atoms with Crippen LogP contribution in [0.4, 0.5) is 0 Å². The van der Waals surface area contributed by atoms with Gasteiger partial charge in [0.05, 0.1) is 23.7 Å². The Bertz CT molecular complexity index is 756. The molecule has 3 rings (SSSR count). The predicted octanol–water partition coefficient (Wildman–Crippen LogP) is 3.60. The number of unbranched alkanes of at least 4 members (excludes halogenated alkanes) is 1. The lowest BCUT2D eigenvalue weighted by molar-refractivity contribution is -0.137. The first kappa shape index (κ1) is 20.1. The number of hydrogen-bond donors (Lipinski definition) is 1. The van der Waals surface area contributed by atoms with E-state index in [1.165, 1.54) is 0 Å². The molecule has 5 nitrogen and oxygen atoms in total. The third-order valence-corrected chi connectivity index (χ3v) is 7.27. The summed E-state index contributed by atoms with van der Waals surface area (Å²) in [5.74, 6) is -0.209. The van der Waals surface area contributed by atoms with E-state index < -0.39 is 15.8 Å². The van der Waals surface area contributed by atoms with E-state index in [-0.39, 0.29) is 42.0 Å². The molecular formula is C21H28O5S. The fourth-order valence-corrected chi connectivity index (χ4v) is 6.22. The molecule has 1 aromatic carbocycles. The van der Waals surface area contributed by atoms with Gasteiger partial charge in [-0.25, -0.2) is 8.42 Å². The molecule has 1 N–H and O–H groups in total. The number of fused-ring (bicyclic) bond motifs is 2. The quantitative estimate of drug-likeness (QED) is 0.486. The van der Waals surface area contributed by atoms with Crippen LogP contribution in [0.1, 0.15) is 44.1 Å². The van der Waals surface area contributed by atoms with Crippen molar-refractivity contribution in [3.05, 3.63) is 48.0 Å². The second-order valence-corrected chi connectivity index (χ2v) is 9.76. The van der Waals surface area contributed by atoms with E-state index in [0.717, 1.165) is 31.2 Å². The molecule has 0 saturated carbocycles. The molecule has 2 aliphatic heterocycles. The van der Waals surface area contributed by atoms with Crippen molar-refractivity contribution in [1.29, 1.82) is 0 Å². The SMILES string of the molecule is O=C(O)CCCC=CC[C@@H]1[C@H](CS(=O)(=O)Cc2ccccc2)[C@@H]2CC[C@H]1O2. The summed E-state index contributed by atoms with van der Waals surface area (Å²) < 4.78 is 31.5. The average molecular weight is 393 g/mol. The fourth-order valence-electron chi connectivity index (χ4n) is 4.35. The van der Waals surface area contributed by atoms with Crippen LogP contribution in [0.15, 0.2) is 42.5 Å². The molecule has 148 valence electrons. The van der Waals surface area contributed by atoms with Crippen LogP contribution in [0, 0.1) is 11.8 Å². The number of aliphatic carboxylic acids is 1. The molecule has 2 heterocycles. The minimum Gasteiger partial charge on any atom is -0.481 e. The molecule has 0 aromatic heterocycles. The second-order valence-electron chi connectivity index (χ2n) is 7.65. The molecular weight excluding hydrogens is 364 g/mol. The highest BCUT2D eigenvalue weighted by atomic mass is 32.2. The molecule has 4 atom stereocenters. The number of ether oxygens (including phenoxy) is 1. The van der Waals surface area contributed by atoms with E-state index in [0.29, 0.717) is 6.42 Å². The van der Waals surface area contributed by atoms with Crippen molar-refractivity contribution in [2.24, 2.45) is 11.8 Å². The van der Waals surface area contributed by atoms with Crippen molar-refractivity contribution in [3.63, 3.8) is 0 Å². The van der Waals surface area contributed by atoms with E-state index in [1.54, 1.807) is 0 Å². The molecule has 0 unspecified atom stereocenters. The summed E-state index contributed by atoms with van der Waals surface area (Å²) in [5.41, 5.74) is 0.830. The minimum atomic E-state index is -3.19. The lowest BCUT2D eigenvalue weighted by Gasteiger charge is -2.27. The van der Waals surface area contributed by atoms with Crippen LogP contribution < -0.4 is 0 Å². The van der Waals surface area contributed by atoms with Crippen LogP contribution >= 0.6 is 0 Å². The lowest BCUT2D eigenvalue weighted by atomic mass is 9.78. The molecule has 0 aliphatic carbocycles. The predicted molar refractivity (Wildman–Crippen MR) is 104 cm³/mol. The normalized spacial score (nSPS) is 27.4. The number of hydrogen-bond acceptors (Lipinski definition) is 4. The first-order valence-electron chi connectivity index (χ1n) is 9.71. The third kappa shape index (κ3) is 5.66. The van der Waals surface area contributed by atoms with Crippen LogP contribution in [-0.2, 0) is 25.1 Å². The van der Waals surface area contributed by atoms with Crippen molar-refractivity contribution >= 4 is 15.8 Å². The van der Waals surface area contributed by atoms with Gasteiger partial charge in [0, 0.05) is 12.3 Å². The van der Waals surface area contributed by atoms with Crippen LogP contribution in [0.3, 0.4) is 0 Å². The molecule has 6 heteroatoms. The van der Waals surface area contributed by atoms with Gasteiger partial charge in [0.1, 0.15) is 0 Å². The summed E-state index contributed by atoms with van der Waals surface area (Å²) in [4.78, 5) is 10.5. The standard InChI is InChI=1S/C21H28O5S/c22-21(23)11-7-2-1-6-10-17-18(20-13-12-19(17)26-20)15-27(24,25)14-16-8-4-3-5-9-16/h1,3-6,8-9,17-20H,2,7,10-15H2,(H,22,23)/t17-,18+,19-,20+/m1/s1. The summed E-state index contributed by atoms with van der Waals surface area (Å²) in [6.45, 7) is 0. The number of rotatable bonds is 10. The van der Waals surface area contributed by atoms with Gasteiger partial charge in [-0.2, -0.15) is 0 Å². The number of allylic oxidation sites excluding steroid dienone is 2. The second kappa shape index (κ2) is 9.02. The Hall–Kier alpha value is -1.66. The topological polar surface area (TPSA) is 80.7 Å². The number of benzene rings is 1. The van der Waals surface area contributed by atoms with Gasteiger partial charge in [0.15, 0.2) is 9.84 Å². The fraction of sp³-hybridized carbons (Fsp3) is 0.571. The number of carbonyl (C=O) groups is 1. The Balaban J connectivity index is 1.56. The molecule has 2 bridgehead atoms. The Labute approximate surface area is 161 Å². The average Bonchev–Trinajstić information content (AvgIpc) is 3.20. The molecule has 2 fully saturated rings. The van der Waals surface area contributed by atoms with E-state index in [2.05, 4.69) is 6.08 Å². The van der Waals surface area contributed by atoms with Crippen LogP contribution in [0.25, 0.3) is 0 Å². The summed E-state index contributed by atoms with van der Waals surface area (Å²) >= 11 is 0. The van der Waals surface area contributed by atoms with Crippen molar-refractivity contribution in [1.82, 2.24) is 0 Å². The molecule has 1 aromatic rings.